The van der Waals surface area contributed by atoms with Gasteiger partial charge in [0, 0.05) is 33.2 Å². The molecule has 0 atom stereocenters. The van der Waals surface area contributed by atoms with Crippen molar-refractivity contribution >= 4 is 50.4 Å². The molecule has 6 rings (SSSR count). The molecule has 3 aliphatic rings. The number of nitrogens with one attached hydrogen (secondary N) is 2. The van der Waals surface area contributed by atoms with Crippen LogP contribution in [0.2, 0.25) is 0 Å². The number of nitrogens with zero attached hydrogens (tertiary/aromatic N) is 2. The van der Waals surface area contributed by atoms with Gasteiger partial charge in [0.25, 0.3) is 0 Å². The fraction of sp³-hybridized carbons (Fsp3) is 0.389. The Morgan fingerprint density at radius 1 is 0.625 bits per heavy atom. The smallest absolute Gasteiger partial charge is 0.0726 e. The minimum absolute atomic E-state index is 0.931. The maximum Gasteiger partial charge on any atom is 0.0726 e. The molecule has 3 aromatic heterocycles. The van der Waals surface area contributed by atoms with Gasteiger partial charge in [-0.3, -0.25) is 0 Å². The molecule has 0 radical (unpaired) electrons. The van der Waals surface area contributed by atoms with E-state index in [4.69, 9.17) is 9.97 Å². The van der Waals surface area contributed by atoms with Crippen molar-refractivity contribution < 1.29 is 0 Å². The maximum absolute atomic E-state index is 5.37. The van der Waals surface area contributed by atoms with Crippen LogP contribution in [0.1, 0.15) is 118 Å². The lowest BCUT2D eigenvalue weighted by Crippen LogP contribution is -1.92. The minimum Gasteiger partial charge on any atom is -0.355 e. The van der Waals surface area contributed by atoms with Crippen LogP contribution in [0.15, 0.2) is 24.8 Å². The molecule has 0 saturated heterocycles. The summed E-state index contributed by atoms with van der Waals surface area (Å²) in [4.78, 5) is 18.4. The van der Waals surface area contributed by atoms with E-state index in [9.17, 15) is 0 Å². The number of aryl methyl sites for hydroxylation is 3. The summed E-state index contributed by atoms with van der Waals surface area (Å²) in [7, 11) is 0. The Morgan fingerprint density at radius 3 is 1.80 bits per heavy atom. The quantitative estimate of drug-likeness (QED) is 0.319. The summed E-state index contributed by atoms with van der Waals surface area (Å²) < 4.78 is 0. The molecule has 0 fully saturated rings. The van der Waals surface area contributed by atoms with Gasteiger partial charge in [-0.25, -0.2) is 9.97 Å². The summed E-state index contributed by atoms with van der Waals surface area (Å²) in [6.45, 7) is 17.8. The molecular weight excluding hydrogens is 488 g/mol. The Kier molecular flexibility index (Phi) is 6.90. The van der Waals surface area contributed by atoms with E-state index >= 15 is 0 Å². The van der Waals surface area contributed by atoms with Crippen molar-refractivity contribution in [3.63, 3.8) is 0 Å². The first kappa shape index (κ1) is 26.6. The maximum atomic E-state index is 5.37. The Balaban J connectivity index is 1.86. The van der Waals surface area contributed by atoms with Crippen LogP contribution in [-0.4, -0.2) is 19.9 Å². The van der Waals surface area contributed by atoms with Gasteiger partial charge in [-0.15, -0.1) is 0 Å². The van der Waals surface area contributed by atoms with Crippen LogP contribution in [0.3, 0.4) is 0 Å². The first-order chi connectivity index (χ1) is 19.5. The highest BCUT2D eigenvalue weighted by atomic mass is 14.8. The van der Waals surface area contributed by atoms with Crippen LogP contribution in [0.25, 0.3) is 50.4 Å². The van der Waals surface area contributed by atoms with Gasteiger partial charge in [0.05, 0.1) is 22.8 Å². The summed E-state index contributed by atoms with van der Waals surface area (Å²) >= 11 is 0. The lowest BCUT2D eigenvalue weighted by molar-refractivity contribution is 1.04. The predicted molar refractivity (Wildman–Crippen MR) is 172 cm³/mol. The van der Waals surface area contributed by atoms with Crippen LogP contribution in [0, 0.1) is 0 Å². The molecule has 40 heavy (non-hydrogen) atoms. The Labute approximate surface area is 238 Å². The average molecular weight is 531 g/mol. The number of fused-ring (bicyclic) bond motifs is 8. The van der Waals surface area contributed by atoms with Crippen LogP contribution in [0.5, 0.6) is 0 Å². The topological polar surface area (TPSA) is 57.4 Å². The van der Waals surface area contributed by atoms with E-state index in [0.717, 1.165) is 73.8 Å². The van der Waals surface area contributed by atoms with Crippen LogP contribution in [-0.2, 0) is 25.7 Å². The van der Waals surface area contributed by atoms with Crippen molar-refractivity contribution in [2.24, 2.45) is 0 Å². The second-order valence-electron chi connectivity index (χ2n) is 11.1. The molecule has 2 aliphatic heterocycles. The molecular formula is C36H42N4. The number of rotatable bonds is 7. The van der Waals surface area contributed by atoms with Crippen LogP contribution in [0.4, 0.5) is 0 Å². The number of H-pyrrole nitrogens is 2. The van der Waals surface area contributed by atoms with E-state index in [1.54, 1.807) is 0 Å². The number of aromatic amines is 2. The van der Waals surface area contributed by atoms with Crippen LogP contribution < -0.4 is 0 Å². The van der Waals surface area contributed by atoms with Gasteiger partial charge in [-0.05, 0) is 109 Å². The zero-order chi connectivity index (χ0) is 28.1. The summed E-state index contributed by atoms with van der Waals surface area (Å²) in [5.41, 5.74) is 21.4. The number of hydrogen-bond donors (Lipinski definition) is 2. The third kappa shape index (κ3) is 3.87. The molecule has 206 valence electrons. The zero-order valence-corrected chi connectivity index (χ0v) is 25.1. The molecule has 3 aromatic rings. The van der Waals surface area contributed by atoms with Crippen molar-refractivity contribution in [2.45, 2.75) is 92.9 Å². The lowest BCUT2D eigenvalue weighted by Gasteiger charge is -2.05. The highest BCUT2D eigenvalue weighted by Crippen LogP contribution is 2.46. The van der Waals surface area contributed by atoms with Crippen LogP contribution >= 0.6 is 0 Å². The van der Waals surface area contributed by atoms with E-state index in [1.165, 1.54) is 72.5 Å². The van der Waals surface area contributed by atoms with E-state index in [0.29, 0.717) is 0 Å². The predicted octanol–water partition coefficient (Wildman–Crippen LogP) is 9.64. The largest absolute Gasteiger partial charge is 0.355 e. The Hall–Kier alpha value is -3.66. The molecule has 0 amide bonds. The average Bonchev–Trinajstić information content (AvgIpc) is 3.74. The zero-order valence-electron chi connectivity index (χ0n) is 25.1. The third-order valence-electron chi connectivity index (χ3n) is 9.25. The van der Waals surface area contributed by atoms with E-state index in [-0.39, 0.29) is 0 Å². The second kappa shape index (κ2) is 10.4. The van der Waals surface area contributed by atoms with E-state index < -0.39 is 0 Å². The van der Waals surface area contributed by atoms with Crippen molar-refractivity contribution in [3.05, 3.63) is 75.4 Å². The van der Waals surface area contributed by atoms with Gasteiger partial charge >= 0.3 is 0 Å². The summed E-state index contributed by atoms with van der Waals surface area (Å²) in [6.07, 6.45) is 9.91. The number of hydrogen-bond acceptors (Lipinski definition) is 2. The first-order valence-electron chi connectivity index (χ1n) is 15.4. The van der Waals surface area contributed by atoms with E-state index in [2.05, 4.69) is 76.3 Å². The molecule has 5 heterocycles. The second-order valence-corrected chi connectivity index (χ2v) is 11.1. The Morgan fingerprint density at radius 2 is 1.18 bits per heavy atom. The van der Waals surface area contributed by atoms with Crippen molar-refractivity contribution in [1.82, 2.24) is 19.9 Å². The van der Waals surface area contributed by atoms with Gasteiger partial charge < -0.3 is 9.97 Å². The standard InChI is InChI=1S/C36H42N4/c1-8-20-22(10-3)31-18-33-24(12-5)26(14-7)35(39-33)28-16-15-27-25(13-6)34(40-36(27)28)19-32-23(11-4)21(9-2)30(38-32)17-29(20)37-31/h10,17-19,37-38H,3,8-9,11-16H2,1-2,4-7H3. The van der Waals surface area contributed by atoms with Crippen molar-refractivity contribution in [1.29, 1.82) is 0 Å². The number of allylic oxidation sites excluding steroid dienone is 4. The molecule has 0 spiro atoms. The fourth-order valence-corrected chi connectivity index (χ4v) is 7.42. The normalized spacial score (nSPS) is 14.6. The van der Waals surface area contributed by atoms with Crippen molar-refractivity contribution in [2.75, 3.05) is 0 Å². The fourth-order valence-electron chi connectivity index (χ4n) is 7.42. The molecule has 0 saturated carbocycles. The minimum atomic E-state index is 0.931. The van der Waals surface area contributed by atoms with Gasteiger partial charge in [0.2, 0.25) is 0 Å². The summed E-state index contributed by atoms with van der Waals surface area (Å²) in [5.74, 6) is 0. The monoisotopic (exact) mass is 530 g/mol. The number of aromatic nitrogens is 4. The highest BCUT2D eigenvalue weighted by Gasteiger charge is 2.31. The van der Waals surface area contributed by atoms with Gasteiger partial charge in [-0.1, -0.05) is 54.2 Å². The molecule has 0 aromatic carbocycles. The van der Waals surface area contributed by atoms with Crippen molar-refractivity contribution in [3.8, 4) is 0 Å². The van der Waals surface area contributed by atoms with E-state index in [1.807, 2.05) is 6.08 Å². The van der Waals surface area contributed by atoms with Gasteiger partial charge in [0.15, 0.2) is 0 Å². The molecule has 2 N–H and O–H groups in total. The molecule has 1 aliphatic carbocycles. The summed E-state index contributed by atoms with van der Waals surface area (Å²) in [6, 6.07) is 6.91. The summed E-state index contributed by atoms with van der Waals surface area (Å²) in [5, 5.41) is 0. The van der Waals surface area contributed by atoms with Gasteiger partial charge in [-0.2, -0.15) is 0 Å². The molecule has 4 heteroatoms. The SMILES string of the molecule is C=Cc1c(CC)c2cc3[nH]c(cc4nc5c(c6nc(cc1[nH]2)C(CC)=C6CC)CCC5=C4CC)c(CC)c3CC. The first-order valence-corrected chi connectivity index (χ1v) is 15.4. The lowest BCUT2D eigenvalue weighted by atomic mass is 9.97. The Bertz CT molecular complexity index is 1770. The van der Waals surface area contributed by atoms with Gasteiger partial charge in [0.1, 0.15) is 0 Å². The highest BCUT2D eigenvalue weighted by molar-refractivity contribution is 5.99. The third-order valence-corrected chi connectivity index (χ3v) is 9.25. The molecule has 0 unspecified atom stereocenters. The molecule has 4 nitrogen and oxygen atoms in total. The molecule has 8 bridgehead atoms.